The van der Waals surface area contributed by atoms with Crippen molar-refractivity contribution >= 4 is 34.3 Å². The third-order valence-corrected chi connectivity index (χ3v) is 6.58. The number of hydrogen-bond donors (Lipinski definition) is 2. The van der Waals surface area contributed by atoms with Crippen LogP contribution in [0.3, 0.4) is 0 Å². The molecule has 0 bridgehead atoms. The Kier molecular flexibility index (Phi) is 8.38. The number of pyridine rings is 1. The Morgan fingerprint density at radius 2 is 2.08 bits per heavy atom. The number of benzene rings is 1. The van der Waals surface area contributed by atoms with E-state index >= 15 is 0 Å². The lowest BCUT2D eigenvalue weighted by molar-refractivity contribution is -0.119. The fraction of sp³-hybridized carbons (Fsp3) is 0.393. The highest BCUT2D eigenvalue weighted by atomic mass is 16.5. The minimum atomic E-state index is -0.509. The molecule has 0 unspecified atom stereocenters. The highest BCUT2D eigenvalue weighted by Crippen LogP contribution is 2.34. The fourth-order valence-corrected chi connectivity index (χ4v) is 4.37. The first-order chi connectivity index (χ1) is 17.5. The maximum Gasteiger partial charge on any atom is 0.356 e. The van der Waals surface area contributed by atoms with Gasteiger partial charge in [0.1, 0.15) is 5.65 Å². The second-order valence-electron chi connectivity index (χ2n) is 9.09. The molecule has 8 heteroatoms. The Labute approximate surface area is 211 Å². The second-order valence-corrected chi connectivity index (χ2v) is 9.09. The van der Waals surface area contributed by atoms with Crippen molar-refractivity contribution in [3.63, 3.8) is 0 Å². The predicted molar refractivity (Wildman–Crippen MR) is 141 cm³/mol. The molecular weight excluding hydrogens is 456 g/mol. The Bertz CT molecular complexity index is 1240. The zero-order valence-electron chi connectivity index (χ0n) is 21.2. The number of amides is 1. The summed E-state index contributed by atoms with van der Waals surface area (Å²) >= 11 is 0. The molecule has 2 N–H and O–H groups in total. The lowest BCUT2D eigenvalue weighted by Crippen LogP contribution is -2.24. The molecule has 0 spiro atoms. The van der Waals surface area contributed by atoms with Crippen molar-refractivity contribution in [2.24, 2.45) is 5.92 Å². The fourth-order valence-electron chi connectivity index (χ4n) is 4.37. The molecule has 1 amide bonds. The number of ether oxygens (including phenoxy) is 2. The van der Waals surface area contributed by atoms with Crippen LogP contribution in [0.4, 0.5) is 11.4 Å². The van der Waals surface area contributed by atoms with Gasteiger partial charge < -0.3 is 24.7 Å². The van der Waals surface area contributed by atoms with Crippen LogP contribution in [0.5, 0.6) is 0 Å². The van der Waals surface area contributed by atoms with Crippen LogP contribution in [-0.2, 0) is 27.2 Å². The van der Waals surface area contributed by atoms with E-state index in [2.05, 4.69) is 22.8 Å². The van der Waals surface area contributed by atoms with Crippen molar-refractivity contribution in [3.05, 3.63) is 65.5 Å². The van der Waals surface area contributed by atoms with Gasteiger partial charge in [-0.15, -0.1) is 0 Å². The number of fused-ring (bicyclic) bond motifs is 1. The largest absolute Gasteiger partial charge is 0.464 e. The molecule has 8 nitrogen and oxygen atoms in total. The minimum absolute atomic E-state index is 0.163. The highest BCUT2D eigenvalue weighted by molar-refractivity contribution is 6.11. The lowest BCUT2D eigenvalue weighted by atomic mass is 10.1. The molecule has 3 aromatic rings. The molecule has 190 valence electrons. The van der Waals surface area contributed by atoms with Gasteiger partial charge in [0, 0.05) is 25.1 Å². The monoisotopic (exact) mass is 490 g/mol. The van der Waals surface area contributed by atoms with E-state index < -0.39 is 5.97 Å². The number of rotatable bonds is 10. The zero-order chi connectivity index (χ0) is 25.5. The van der Waals surface area contributed by atoms with E-state index in [4.69, 9.17) is 14.5 Å². The summed E-state index contributed by atoms with van der Waals surface area (Å²) in [5, 5.41) is 7.09. The average molecular weight is 491 g/mol. The van der Waals surface area contributed by atoms with Gasteiger partial charge in [-0.3, -0.25) is 4.79 Å². The molecule has 1 fully saturated rings. The van der Waals surface area contributed by atoms with Crippen LogP contribution >= 0.6 is 0 Å². The van der Waals surface area contributed by atoms with Crippen molar-refractivity contribution in [1.82, 2.24) is 9.55 Å². The van der Waals surface area contributed by atoms with Crippen LogP contribution in [-0.4, -0.2) is 48.3 Å². The molecule has 1 aliphatic heterocycles. The van der Waals surface area contributed by atoms with Gasteiger partial charge >= 0.3 is 5.97 Å². The van der Waals surface area contributed by atoms with Gasteiger partial charge in [-0.25, -0.2) is 9.78 Å². The normalized spacial score (nSPS) is 15.8. The van der Waals surface area contributed by atoms with E-state index in [1.54, 1.807) is 6.20 Å². The first kappa shape index (κ1) is 25.4. The van der Waals surface area contributed by atoms with Crippen molar-refractivity contribution < 1.29 is 19.1 Å². The SMILES string of the molecule is C/C=C(\C)CNc1cnc2c(c1)c(NC(=O)[C@@H]1CCOC1)c(C(=O)OC)n2CCCc1ccccc1. The molecule has 1 saturated heterocycles. The summed E-state index contributed by atoms with van der Waals surface area (Å²) in [6.45, 7) is 6.21. The molecular formula is C28H34N4O4. The number of aryl methyl sites for hydroxylation is 2. The van der Waals surface area contributed by atoms with E-state index in [0.29, 0.717) is 55.1 Å². The van der Waals surface area contributed by atoms with Crippen LogP contribution in [0.15, 0.2) is 54.2 Å². The summed E-state index contributed by atoms with van der Waals surface area (Å²) in [6.07, 6.45) is 6.11. The molecule has 2 aromatic heterocycles. The van der Waals surface area contributed by atoms with E-state index in [0.717, 1.165) is 18.5 Å². The van der Waals surface area contributed by atoms with Crippen molar-refractivity contribution in [2.45, 2.75) is 39.7 Å². The van der Waals surface area contributed by atoms with Crippen LogP contribution in [0.2, 0.25) is 0 Å². The predicted octanol–water partition coefficient (Wildman–Crippen LogP) is 4.81. The number of esters is 1. The molecule has 4 rings (SSSR count). The average Bonchev–Trinajstić information content (AvgIpc) is 3.55. The van der Waals surface area contributed by atoms with Crippen LogP contribution in [0.25, 0.3) is 11.0 Å². The molecule has 1 aliphatic rings. The van der Waals surface area contributed by atoms with Gasteiger partial charge in [-0.1, -0.05) is 42.0 Å². The van der Waals surface area contributed by atoms with E-state index in [9.17, 15) is 9.59 Å². The Hall–Kier alpha value is -3.65. The summed E-state index contributed by atoms with van der Waals surface area (Å²) in [7, 11) is 1.35. The number of methoxy groups -OCH3 is 1. The van der Waals surface area contributed by atoms with Crippen LogP contribution in [0, 0.1) is 5.92 Å². The number of aromatic nitrogens is 2. The molecule has 1 atom stereocenters. The quantitative estimate of drug-likeness (QED) is 0.313. The summed E-state index contributed by atoms with van der Waals surface area (Å²) in [6, 6.07) is 12.2. The number of anilines is 2. The van der Waals surface area contributed by atoms with Crippen molar-refractivity contribution in [2.75, 3.05) is 37.5 Å². The number of hydrogen-bond acceptors (Lipinski definition) is 6. The Morgan fingerprint density at radius 1 is 1.28 bits per heavy atom. The summed E-state index contributed by atoms with van der Waals surface area (Å²) in [5.74, 6) is -0.923. The Morgan fingerprint density at radius 3 is 2.78 bits per heavy atom. The lowest BCUT2D eigenvalue weighted by Gasteiger charge is -2.12. The maximum atomic E-state index is 13.1. The Balaban J connectivity index is 1.73. The van der Waals surface area contributed by atoms with Gasteiger partial charge in [0.05, 0.1) is 37.2 Å². The van der Waals surface area contributed by atoms with Crippen molar-refractivity contribution in [3.8, 4) is 0 Å². The van der Waals surface area contributed by atoms with E-state index in [-0.39, 0.29) is 11.8 Å². The minimum Gasteiger partial charge on any atom is -0.464 e. The third kappa shape index (κ3) is 5.76. The topological polar surface area (TPSA) is 94.5 Å². The number of carbonyl (C=O) groups excluding carboxylic acids is 2. The maximum absolute atomic E-state index is 13.1. The smallest absolute Gasteiger partial charge is 0.356 e. The van der Waals surface area contributed by atoms with Crippen molar-refractivity contribution in [1.29, 1.82) is 0 Å². The third-order valence-electron chi connectivity index (χ3n) is 6.58. The van der Waals surface area contributed by atoms with Crippen LogP contribution in [0.1, 0.15) is 42.7 Å². The van der Waals surface area contributed by atoms with Crippen LogP contribution < -0.4 is 10.6 Å². The number of carbonyl (C=O) groups is 2. The standard InChI is InChI=1S/C28H34N4O4/c1-4-19(2)16-29-22-15-23-24(31-27(33)21-12-14-36-18-21)25(28(34)35-3)32(26(23)30-17-22)13-8-11-20-9-6-5-7-10-20/h4-7,9-10,15,17,21,29H,8,11-14,16,18H2,1-3H3,(H,31,33)/b19-4+/t21-/m1/s1. The number of nitrogens with one attached hydrogen (secondary N) is 2. The summed E-state index contributed by atoms with van der Waals surface area (Å²) < 4.78 is 12.4. The van der Waals surface area contributed by atoms with Gasteiger partial charge in [0.15, 0.2) is 5.69 Å². The molecule has 0 aliphatic carbocycles. The molecule has 3 heterocycles. The molecule has 0 radical (unpaired) electrons. The summed E-state index contributed by atoms with van der Waals surface area (Å²) in [4.78, 5) is 30.8. The van der Waals surface area contributed by atoms with Gasteiger partial charge in [-0.2, -0.15) is 0 Å². The second kappa shape index (κ2) is 11.9. The van der Waals surface area contributed by atoms with Gasteiger partial charge in [0.25, 0.3) is 0 Å². The first-order valence-corrected chi connectivity index (χ1v) is 12.4. The number of allylic oxidation sites excluding steroid dienone is 1. The molecule has 0 saturated carbocycles. The summed E-state index contributed by atoms with van der Waals surface area (Å²) in [5.41, 5.74) is 4.60. The van der Waals surface area contributed by atoms with E-state index in [1.165, 1.54) is 18.2 Å². The van der Waals surface area contributed by atoms with Gasteiger partial charge in [0.2, 0.25) is 5.91 Å². The highest BCUT2D eigenvalue weighted by Gasteiger charge is 2.29. The van der Waals surface area contributed by atoms with Gasteiger partial charge in [-0.05, 0) is 44.7 Å². The molecule has 1 aromatic carbocycles. The zero-order valence-corrected chi connectivity index (χ0v) is 21.2. The first-order valence-electron chi connectivity index (χ1n) is 12.4. The number of nitrogens with zero attached hydrogens (tertiary/aromatic N) is 2. The van der Waals surface area contributed by atoms with E-state index in [1.807, 2.05) is 48.8 Å². The molecule has 36 heavy (non-hydrogen) atoms.